The lowest BCUT2D eigenvalue weighted by molar-refractivity contribution is 0.627. The van der Waals surface area contributed by atoms with Crippen LogP contribution in [0.2, 0.25) is 0 Å². The third kappa shape index (κ3) is 2.12. The first-order valence-corrected chi connectivity index (χ1v) is 6.29. The smallest absolute Gasteiger partial charge is 0.256 e. The molecule has 2 N–H and O–H groups in total. The van der Waals surface area contributed by atoms with E-state index in [4.69, 9.17) is 0 Å². The van der Waals surface area contributed by atoms with Gasteiger partial charge in [0, 0.05) is 12.1 Å². The topological polar surface area (TPSA) is 57.8 Å². The van der Waals surface area contributed by atoms with Crippen LogP contribution in [0.3, 0.4) is 0 Å². The second-order valence-electron chi connectivity index (χ2n) is 4.73. The van der Waals surface area contributed by atoms with E-state index in [-0.39, 0.29) is 11.4 Å². The third-order valence-corrected chi connectivity index (χ3v) is 3.36. The van der Waals surface area contributed by atoms with Crippen molar-refractivity contribution in [3.8, 4) is 11.4 Å². The summed E-state index contributed by atoms with van der Waals surface area (Å²) in [5.74, 6) is 0.837. The van der Waals surface area contributed by atoms with Crippen LogP contribution in [-0.2, 0) is 6.42 Å². The van der Waals surface area contributed by atoms with Crippen molar-refractivity contribution in [1.82, 2.24) is 9.97 Å². The van der Waals surface area contributed by atoms with Gasteiger partial charge in [0.2, 0.25) is 0 Å². The van der Waals surface area contributed by atoms with E-state index >= 15 is 0 Å². The van der Waals surface area contributed by atoms with Crippen LogP contribution in [-0.4, -0.2) is 16.5 Å². The van der Waals surface area contributed by atoms with Gasteiger partial charge in [0.15, 0.2) is 0 Å². The van der Waals surface area contributed by atoms with E-state index in [2.05, 4.69) is 15.3 Å². The molecule has 2 heterocycles. The fraction of sp³-hybridized carbons (Fsp3) is 0.286. The zero-order valence-corrected chi connectivity index (χ0v) is 10.6. The molecule has 0 aliphatic carbocycles. The van der Waals surface area contributed by atoms with Crippen molar-refractivity contribution in [2.24, 2.45) is 0 Å². The molecule has 0 fully saturated rings. The number of hydrogen-bond donors (Lipinski definition) is 2. The van der Waals surface area contributed by atoms with Gasteiger partial charge in [-0.05, 0) is 43.5 Å². The summed E-state index contributed by atoms with van der Waals surface area (Å²) in [4.78, 5) is 19.3. The molecule has 2 aromatic rings. The van der Waals surface area contributed by atoms with Crippen molar-refractivity contribution in [1.29, 1.82) is 0 Å². The van der Waals surface area contributed by atoms with Crippen LogP contribution in [0.25, 0.3) is 11.4 Å². The van der Waals surface area contributed by atoms with E-state index in [0.29, 0.717) is 17.2 Å². The van der Waals surface area contributed by atoms with Gasteiger partial charge in [-0.15, -0.1) is 0 Å². The number of aromatic nitrogens is 2. The fourth-order valence-electron chi connectivity index (χ4n) is 2.37. The fourth-order valence-corrected chi connectivity index (χ4v) is 2.37. The molecule has 0 radical (unpaired) electrons. The second kappa shape index (κ2) is 4.50. The number of aromatic amines is 1. The Kier molecular flexibility index (Phi) is 2.81. The third-order valence-electron chi connectivity index (χ3n) is 3.36. The summed E-state index contributed by atoms with van der Waals surface area (Å²) in [7, 11) is 0. The molecule has 0 amide bonds. The number of fused-ring (bicyclic) bond motifs is 1. The van der Waals surface area contributed by atoms with E-state index in [1.165, 1.54) is 12.1 Å². The molecule has 98 valence electrons. The Labute approximate surface area is 109 Å². The van der Waals surface area contributed by atoms with Crippen LogP contribution in [0, 0.1) is 12.7 Å². The Morgan fingerprint density at radius 2 is 2.21 bits per heavy atom. The molecule has 1 aliphatic heterocycles. The van der Waals surface area contributed by atoms with Crippen LogP contribution in [0.1, 0.15) is 17.5 Å². The molecule has 0 saturated carbocycles. The maximum absolute atomic E-state index is 13.1. The number of rotatable bonds is 1. The minimum atomic E-state index is -0.292. The van der Waals surface area contributed by atoms with Gasteiger partial charge in [0.1, 0.15) is 17.5 Å². The highest BCUT2D eigenvalue weighted by molar-refractivity contribution is 5.62. The summed E-state index contributed by atoms with van der Waals surface area (Å²) < 4.78 is 13.1. The van der Waals surface area contributed by atoms with Gasteiger partial charge in [-0.1, -0.05) is 0 Å². The summed E-state index contributed by atoms with van der Waals surface area (Å²) in [6, 6.07) is 4.44. The molecule has 0 spiro atoms. The first kappa shape index (κ1) is 11.9. The van der Waals surface area contributed by atoms with E-state index in [1.54, 1.807) is 13.0 Å². The molecule has 0 unspecified atom stereocenters. The molecule has 1 aromatic heterocycles. The number of hydrogen-bond acceptors (Lipinski definition) is 3. The molecular formula is C14H14FN3O. The van der Waals surface area contributed by atoms with Gasteiger partial charge in [-0.3, -0.25) is 4.79 Å². The average Bonchev–Trinajstić information content (AvgIpc) is 2.38. The predicted octanol–water partition coefficient (Wildman–Crippen LogP) is 2.24. The zero-order chi connectivity index (χ0) is 13.4. The lowest BCUT2D eigenvalue weighted by Crippen LogP contribution is -2.24. The average molecular weight is 259 g/mol. The SMILES string of the molecule is Cc1cc(F)ccc1-c1nc2c(c(=O)[nH]1)CCCN2. The minimum absolute atomic E-state index is 0.115. The highest BCUT2D eigenvalue weighted by Gasteiger charge is 2.16. The standard InChI is InChI=1S/C14H14FN3O/c1-8-7-9(15)4-5-10(8)13-17-12-11(14(19)18-13)3-2-6-16-12/h4-5,7H,2-3,6H2,1H3,(H2,16,17,18,19). The summed E-state index contributed by atoms with van der Waals surface area (Å²) >= 11 is 0. The number of H-pyrrole nitrogens is 1. The molecule has 1 aliphatic rings. The number of halogens is 1. The van der Waals surface area contributed by atoms with Gasteiger partial charge < -0.3 is 10.3 Å². The highest BCUT2D eigenvalue weighted by Crippen LogP contribution is 2.23. The summed E-state index contributed by atoms with van der Waals surface area (Å²) in [6.45, 7) is 2.62. The number of anilines is 1. The van der Waals surface area contributed by atoms with Crippen LogP contribution in [0.15, 0.2) is 23.0 Å². The van der Waals surface area contributed by atoms with Gasteiger partial charge >= 0.3 is 0 Å². The Hall–Kier alpha value is -2.17. The van der Waals surface area contributed by atoms with Gasteiger partial charge in [0.25, 0.3) is 5.56 Å². The van der Waals surface area contributed by atoms with Crippen LogP contribution in [0.5, 0.6) is 0 Å². The number of nitrogens with one attached hydrogen (secondary N) is 2. The van der Waals surface area contributed by atoms with E-state index in [0.717, 1.165) is 30.5 Å². The monoisotopic (exact) mass is 259 g/mol. The quantitative estimate of drug-likeness (QED) is 0.825. The van der Waals surface area contributed by atoms with Gasteiger partial charge in [-0.2, -0.15) is 0 Å². The van der Waals surface area contributed by atoms with Crippen LogP contribution < -0.4 is 10.9 Å². The Balaban J connectivity index is 2.15. The van der Waals surface area contributed by atoms with Gasteiger partial charge in [-0.25, -0.2) is 9.37 Å². The van der Waals surface area contributed by atoms with E-state index < -0.39 is 0 Å². The molecule has 1 aromatic carbocycles. The number of aryl methyl sites for hydroxylation is 1. The molecular weight excluding hydrogens is 245 g/mol. The Morgan fingerprint density at radius 1 is 1.37 bits per heavy atom. The maximum Gasteiger partial charge on any atom is 0.256 e. The van der Waals surface area contributed by atoms with Crippen molar-refractivity contribution < 1.29 is 4.39 Å². The van der Waals surface area contributed by atoms with Crippen molar-refractivity contribution in [2.45, 2.75) is 19.8 Å². The largest absolute Gasteiger partial charge is 0.370 e. The molecule has 4 nitrogen and oxygen atoms in total. The summed E-state index contributed by atoms with van der Waals surface area (Å²) in [5.41, 5.74) is 2.08. The van der Waals surface area contributed by atoms with Gasteiger partial charge in [0.05, 0.1) is 5.56 Å². The van der Waals surface area contributed by atoms with Crippen molar-refractivity contribution in [3.63, 3.8) is 0 Å². The molecule has 19 heavy (non-hydrogen) atoms. The summed E-state index contributed by atoms with van der Waals surface area (Å²) in [5, 5.41) is 3.14. The highest BCUT2D eigenvalue weighted by atomic mass is 19.1. The Morgan fingerprint density at radius 3 is 3.00 bits per heavy atom. The van der Waals surface area contributed by atoms with Crippen LogP contribution in [0.4, 0.5) is 10.2 Å². The van der Waals surface area contributed by atoms with Crippen molar-refractivity contribution in [3.05, 3.63) is 45.5 Å². The minimum Gasteiger partial charge on any atom is -0.370 e. The number of benzene rings is 1. The predicted molar refractivity (Wildman–Crippen MR) is 71.8 cm³/mol. The normalized spacial score (nSPS) is 13.8. The Bertz CT molecular complexity index is 694. The second-order valence-corrected chi connectivity index (χ2v) is 4.73. The molecule has 0 bridgehead atoms. The van der Waals surface area contributed by atoms with E-state index in [1.807, 2.05) is 0 Å². The number of nitrogens with zero attached hydrogens (tertiary/aromatic N) is 1. The van der Waals surface area contributed by atoms with Crippen molar-refractivity contribution >= 4 is 5.82 Å². The molecule has 5 heteroatoms. The molecule has 0 saturated heterocycles. The first-order valence-electron chi connectivity index (χ1n) is 6.29. The molecule has 3 rings (SSSR count). The van der Waals surface area contributed by atoms with E-state index in [9.17, 15) is 9.18 Å². The lowest BCUT2D eigenvalue weighted by Gasteiger charge is -2.17. The molecule has 0 atom stereocenters. The van der Waals surface area contributed by atoms with Crippen molar-refractivity contribution in [2.75, 3.05) is 11.9 Å². The maximum atomic E-state index is 13.1. The van der Waals surface area contributed by atoms with Crippen LogP contribution >= 0.6 is 0 Å². The lowest BCUT2D eigenvalue weighted by atomic mass is 10.1. The zero-order valence-electron chi connectivity index (χ0n) is 10.6. The first-order chi connectivity index (χ1) is 9.15. The summed E-state index contributed by atoms with van der Waals surface area (Å²) in [6.07, 6.45) is 1.68.